The second-order valence-corrected chi connectivity index (χ2v) is 5.44. The van der Waals surface area contributed by atoms with Gasteiger partial charge >= 0.3 is 0 Å². The minimum absolute atomic E-state index is 0.0391. The van der Waals surface area contributed by atoms with E-state index < -0.39 is 0 Å². The van der Waals surface area contributed by atoms with Crippen LogP contribution in [0, 0.1) is 11.3 Å². The predicted octanol–water partition coefficient (Wildman–Crippen LogP) is 0.657. The second kappa shape index (κ2) is 8.48. The fourth-order valence-corrected chi connectivity index (χ4v) is 2.49. The fourth-order valence-electron chi connectivity index (χ4n) is 2.31. The van der Waals surface area contributed by atoms with Crippen molar-refractivity contribution in [2.45, 2.75) is 0 Å². The molecule has 0 bridgehead atoms. The SMILES string of the molecule is N#C/C(=C/Nc1cccnc1Cl)C(=O)N1CCN(CCN)CC1. The monoisotopic (exact) mass is 334 g/mol. The smallest absolute Gasteiger partial charge is 0.266 e. The third kappa shape index (κ3) is 4.66. The highest BCUT2D eigenvalue weighted by Crippen LogP contribution is 2.18. The number of rotatable bonds is 5. The number of nitrogens with two attached hydrogens (primary N) is 1. The molecule has 122 valence electrons. The molecule has 1 aromatic rings. The Hall–Kier alpha value is -2.14. The predicted molar refractivity (Wildman–Crippen MR) is 88.6 cm³/mol. The van der Waals surface area contributed by atoms with E-state index in [2.05, 4.69) is 15.2 Å². The minimum atomic E-state index is -0.285. The van der Waals surface area contributed by atoms with Gasteiger partial charge in [-0.2, -0.15) is 5.26 Å². The molecule has 23 heavy (non-hydrogen) atoms. The van der Waals surface area contributed by atoms with Gasteiger partial charge in [0.1, 0.15) is 11.6 Å². The van der Waals surface area contributed by atoms with E-state index in [1.807, 2.05) is 6.07 Å². The number of nitrogens with zero attached hydrogens (tertiary/aromatic N) is 4. The number of piperazine rings is 1. The van der Waals surface area contributed by atoms with Crippen molar-refractivity contribution in [1.29, 1.82) is 5.26 Å². The molecule has 0 atom stereocenters. The zero-order valence-corrected chi connectivity index (χ0v) is 13.5. The maximum atomic E-state index is 12.4. The maximum absolute atomic E-state index is 12.4. The van der Waals surface area contributed by atoms with E-state index in [4.69, 9.17) is 17.3 Å². The first-order chi connectivity index (χ1) is 11.2. The van der Waals surface area contributed by atoms with Gasteiger partial charge in [-0.3, -0.25) is 9.69 Å². The Labute approximate surface area is 140 Å². The van der Waals surface area contributed by atoms with Crippen LogP contribution >= 0.6 is 11.6 Å². The van der Waals surface area contributed by atoms with E-state index in [-0.39, 0.29) is 16.6 Å². The molecule has 0 aliphatic carbocycles. The summed E-state index contributed by atoms with van der Waals surface area (Å²) in [6, 6.07) is 5.37. The highest BCUT2D eigenvalue weighted by atomic mass is 35.5. The molecule has 0 radical (unpaired) electrons. The van der Waals surface area contributed by atoms with Gasteiger partial charge in [0.2, 0.25) is 0 Å². The molecule has 1 aliphatic rings. The number of amides is 1. The van der Waals surface area contributed by atoms with Crippen molar-refractivity contribution in [3.63, 3.8) is 0 Å². The van der Waals surface area contributed by atoms with Crippen LogP contribution in [0.5, 0.6) is 0 Å². The van der Waals surface area contributed by atoms with Crippen molar-refractivity contribution in [2.75, 3.05) is 44.6 Å². The molecule has 8 heteroatoms. The van der Waals surface area contributed by atoms with Crippen LogP contribution in [0.1, 0.15) is 0 Å². The van der Waals surface area contributed by atoms with Crippen LogP contribution in [-0.2, 0) is 4.79 Å². The summed E-state index contributed by atoms with van der Waals surface area (Å²) in [6.07, 6.45) is 2.94. The van der Waals surface area contributed by atoms with E-state index in [1.165, 1.54) is 6.20 Å². The molecule has 2 rings (SSSR count). The molecule has 1 aliphatic heterocycles. The molecule has 0 unspecified atom stereocenters. The third-order valence-corrected chi connectivity index (χ3v) is 3.89. The lowest BCUT2D eigenvalue weighted by Crippen LogP contribution is -2.50. The van der Waals surface area contributed by atoms with Gasteiger partial charge < -0.3 is 16.0 Å². The molecular formula is C15H19ClN6O. The largest absolute Gasteiger partial charge is 0.358 e. The Bertz CT molecular complexity index is 619. The van der Waals surface area contributed by atoms with Crippen molar-refractivity contribution >= 4 is 23.2 Å². The summed E-state index contributed by atoms with van der Waals surface area (Å²) in [4.78, 5) is 20.2. The van der Waals surface area contributed by atoms with E-state index in [0.29, 0.717) is 25.3 Å². The molecule has 7 nitrogen and oxygen atoms in total. The van der Waals surface area contributed by atoms with Gasteiger partial charge in [-0.15, -0.1) is 0 Å². The summed E-state index contributed by atoms with van der Waals surface area (Å²) in [5, 5.41) is 12.4. The zero-order valence-electron chi connectivity index (χ0n) is 12.7. The summed E-state index contributed by atoms with van der Waals surface area (Å²) in [5.41, 5.74) is 6.12. The number of halogens is 1. The Morgan fingerprint density at radius 1 is 1.48 bits per heavy atom. The standard InChI is InChI=1S/C15H19ClN6O/c16-14-13(2-1-4-19-14)20-11-12(10-18)15(23)22-8-6-21(5-3-17)7-9-22/h1-2,4,11,20H,3,5-9,17H2/b12-11-. The number of pyridine rings is 1. The molecule has 3 N–H and O–H groups in total. The molecular weight excluding hydrogens is 316 g/mol. The molecule has 0 spiro atoms. The molecule has 1 fully saturated rings. The Morgan fingerprint density at radius 2 is 2.22 bits per heavy atom. The number of nitriles is 1. The molecule has 1 saturated heterocycles. The van der Waals surface area contributed by atoms with Crippen molar-refractivity contribution in [3.05, 3.63) is 35.3 Å². The topological polar surface area (TPSA) is 98.3 Å². The van der Waals surface area contributed by atoms with E-state index in [9.17, 15) is 10.1 Å². The van der Waals surface area contributed by atoms with Gasteiger partial charge in [-0.05, 0) is 12.1 Å². The van der Waals surface area contributed by atoms with Crippen molar-refractivity contribution < 1.29 is 4.79 Å². The maximum Gasteiger partial charge on any atom is 0.266 e. The number of aromatic nitrogens is 1. The Balaban J connectivity index is 1.98. The summed E-state index contributed by atoms with van der Waals surface area (Å²) >= 11 is 5.93. The van der Waals surface area contributed by atoms with E-state index >= 15 is 0 Å². The zero-order chi connectivity index (χ0) is 16.7. The summed E-state index contributed by atoms with van der Waals surface area (Å²) in [6.45, 7) is 4.14. The first-order valence-electron chi connectivity index (χ1n) is 7.34. The summed E-state index contributed by atoms with van der Waals surface area (Å²) in [5.74, 6) is -0.285. The van der Waals surface area contributed by atoms with Gasteiger partial charge in [-0.1, -0.05) is 11.6 Å². The van der Waals surface area contributed by atoms with Gasteiger partial charge in [-0.25, -0.2) is 4.98 Å². The summed E-state index contributed by atoms with van der Waals surface area (Å²) < 4.78 is 0. The number of carbonyl (C=O) groups excluding carboxylic acids is 1. The van der Waals surface area contributed by atoms with Gasteiger partial charge in [0.25, 0.3) is 5.91 Å². The molecule has 0 saturated carbocycles. The number of hydrogen-bond acceptors (Lipinski definition) is 6. The molecule has 0 aromatic carbocycles. The first-order valence-corrected chi connectivity index (χ1v) is 7.72. The van der Waals surface area contributed by atoms with Crippen LogP contribution < -0.4 is 11.1 Å². The summed E-state index contributed by atoms with van der Waals surface area (Å²) in [7, 11) is 0. The molecule has 2 heterocycles. The van der Waals surface area contributed by atoms with Crippen molar-refractivity contribution in [1.82, 2.24) is 14.8 Å². The average molecular weight is 335 g/mol. The van der Waals surface area contributed by atoms with Crippen molar-refractivity contribution in [3.8, 4) is 6.07 Å². The number of nitrogens with one attached hydrogen (secondary N) is 1. The molecule has 1 aromatic heterocycles. The van der Waals surface area contributed by atoms with Crippen LogP contribution in [0.25, 0.3) is 0 Å². The highest BCUT2D eigenvalue weighted by molar-refractivity contribution is 6.32. The second-order valence-electron chi connectivity index (χ2n) is 5.08. The van der Waals surface area contributed by atoms with E-state index in [1.54, 1.807) is 23.2 Å². The average Bonchev–Trinajstić information content (AvgIpc) is 2.57. The van der Waals surface area contributed by atoms with Crippen LogP contribution in [0.3, 0.4) is 0 Å². The Kier molecular flexibility index (Phi) is 6.35. The number of carbonyl (C=O) groups is 1. The quantitative estimate of drug-likeness (QED) is 0.466. The minimum Gasteiger partial charge on any atom is -0.358 e. The first kappa shape index (κ1) is 17.2. The van der Waals surface area contributed by atoms with Crippen molar-refractivity contribution in [2.24, 2.45) is 5.73 Å². The Morgan fingerprint density at radius 3 is 2.83 bits per heavy atom. The van der Waals surface area contributed by atoms with Crippen LogP contribution in [0.2, 0.25) is 5.15 Å². The lowest BCUT2D eigenvalue weighted by molar-refractivity contribution is -0.128. The normalized spacial score (nSPS) is 16.0. The number of anilines is 1. The van der Waals surface area contributed by atoms with Gasteiger partial charge in [0, 0.05) is 51.7 Å². The van der Waals surface area contributed by atoms with Crippen LogP contribution in [-0.4, -0.2) is 60.0 Å². The van der Waals surface area contributed by atoms with Gasteiger partial charge in [0.15, 0.2) is 5.15 Å². The highest BCUT2D eigenvalue weighted by Gasteiger charge is 2.23. The lowest BCUT2D eigenvalue weighted by atomic mass is 10.2. The third-order valence-electron chi connectivity index (χ3n) is 3.59. The lowest BCUT2D eigenvalue weighted by Gasteiger charge is -2.34. The van der Waals surface area contributed by atoms with Crippen LogP contribution in [0.4, 0.5) is 5.69 Å². The fraction of sp³-hybridized carbons (Fsp3) is 0.400. The van der Waals surface area contributed by atoms with E-state index in [0.717, 1.165) is 19.6 Å². The number of hydrogen-bond donors (Lipinski definition) is 2. The molecule has 1 amide bonds. The van der Waals surface area contributed by atoms with Gasteiger partial charge in [0.05, 0.1) is 5.69 Å². The van der Waals surface area contributed by atoms with Crippen LogP contribution in [0.15, 0.2) is 30.1 Å².